The Kier molecular flexibility index (Phi) is 5.20. The molecule has 0 spiro atoms. The SMILES string of the molecule is C[C@H]1C(=O)N2CCCc3cc(NC(=O)C(=O)NCCC4=CCCCC4)cc1c32. The molecular formula is C22H27N3O3. The molecule has 0 aromatic heterocycles. The van der Waals surface area contributed by atoms with Crippen molar-refractivity contribution >= 4 is 29.1 Å². The van der Waals surface area contributed by atoms with Crippen LogP contribution in [-0.4, -0.2) is 30.8 Å². The van der Waals surface area contributed by atoms with E-state index in [9.17, 15) is 14.4 Å². The van der Waals surface area contributed by atoms with Gasteiger partial charge in [-0.25, -0.2) is 0 Å². The van der Waals surface area contributed by atoms with Crippen molar-refractivity contribution in [2.24, 2.45) is 0 Å². The summed E-state index contributed by atoms with van der Waals surface area (Å²) in [6, 6.07) is 3.74. The number of allylic oxidation sites excluding steroid dienone is 1. The number of anilines is 2. The van der Waals surface area contributed by atoms with Crippen molar-refractivity contribution in [1.82, 2.24) is 5.32 Å². The molecule has 1 aromatic carbocycles. The Balaban J connectivity index is 1.39. The van der Waals surface area contributed by atoms with Crippen LogP contribution in [0.3, 0.4) is 0 Å². The quantitative estimate of drug-likeness (QED) is 0.622. The topological polar surface area (TPSA) is 78.5 Å². The number of nitrogens with one attached hydrogen (secondary N) is 2. The fourth-order valence-corrected chi connectivity index (χ4v) is 4.50. The van der Waals surface area contributed by atoms with Crippen LogP contribution in [0.25, 0.3) is 0 Å². The molecule has 148 valence electrons. The number of aryl methyl sites for hydroxylation is 1. The summed E-state index contributed by atoms with van der Waals surface area (Å²) in [6.45, 7) is 3.14. The summed E-state index contributed by atoms with van der Waals surface area (Å²) in [7, 11) is 0. The fraction of sp³-hybridized carbons (Fsp3) is 0.500. The van der Waals surface area contributed by atoms with Crippen molar-refractivity contribution in [2.75, 3.05) is 23.3 Å². The summed E-state index contributed by atoms with van der Waals surface area (Å²) in [5.41, 5.74) is 4.98. The van der Waals surface area contributed by atoms with Crippen LogP contribution < -0.4 is 15.5 Å². The molecule has 28 heavy (non-hydrogen) atoms. The molecule has 1 atom stereocenters. The number of hydrogen-bond acceptors (Lipinski definition) is 3. The first-order valence-electron chi connectivity index (χ1n) is 10.3. The monoisotopic (exact) mass is 381 g/mol. The van der Waals surface area contributed by atoms with Gasteiger partial charge in [-0.3, -0.25) is 14.4 Å². The van der Waals surface area contributed by atoms with Crippen LogP contribution in [0.5, 0.6) is 0 Å². The van der Waals surface area contributed by atoms with Crippen molar-refractivity contribution in [3.8, 4) is 0 Å². The van der Waals surface area contributed by atoms with Crippen LogP contribution in [0.4, 0.5) is 11.4 Å². The molecule has 3 amide bonds. The molecule has 0 fully saturated rings. The molecule has 0 radical (unpaired) electrons. The van der Waals surface area contributed by atoms with Gasteiger partial charge in [0, 0.05) is 18.8 Å². The van der Waals surface area contributed by atoms with E-state index in [4.69, 9.17) is 0 Å². The second-order valence-electron chi connectivity index (χ2n) is 7.96. The average Bonchev–Trinajstić information content (AvgIpc) is 2.95. The van der Waals surface area contributed by atoms with Gasteiger partial charge in [0.05, 0.1) is 11.6 Å². The molecule has 6 nitrogen and oxygen atoms in total. The predicted molar refractivity (Wildman–Crippen MR) is 108 cm³/mol. The number of benzene rings is 1. The van der Waals surface area contributed by atoms with Gasteiger partial charge in [-0.1, -0.05) is 11.6 Å². The maximum absolute atomic E-state index is 12.4. The Morgan fingerprint density at radius 3 is 2.79 bits per heavy atom. The lowest BCUT2D eigenvalue weighted by molar-refractivity contribution is -0.136. The Morgan fingerprint density at radius 1 is 1.14 bits per heavy atom. The van der Waals surface area contributed by atoms with Crippen LogP contribution >= 0.6 is 0 Å². The summed E-state index contributed by atoms with van der Waals surface area (Å²) >= 11 is 0. The number of carbonyl (C=O) groups is 3. The van der Waals surface area contributed by atoms with E-state index in [1.54, 1.807) is 0 Å². The van der Waals surface area contributed by atoms with E-state index in [1.165, 1.54) is 18.4 Å². The second kappa shape index (κ2) is 7.78. The zero-order valence-corrected chi connectivity index (χ0v) is 16.3. The summed E-state index contributed by atoms with van der Waals surface area (Å²) in [5.74, 6) is -1.36. The molecule has 0 bridgehead atoms. The molecule has 0 unspecified atom stereocenters. The van der Waals surface area contributed by atoms with Crippen LogP contribution in [0, 0.1) is 0 Å². The van der Waals surface area contributed by atoms with E-state index < -0.39 is 11.8 Å². The highest BCUT2D eigenvalue weighted by Gasteiger charge is 2.38. The maximum Gasteiger partial charge on any atom is 0.313 e. The van der Waals surface area contributed by atoms with Gasteiger partial charge in [-0.2, -0.15) is 0 Å². The van der Waals surface area contributed by atoms with Crippen molar-refractivity contribution in [3.05, 3.63) is 34.9 Å². The highest BCUT2D eigenvalue weighted by Crippen LogP contribution is 2.44. The highest BCUT2D eigenvalue weighted by atomic mass is 16.2. The Bertz CT molecular complexity index is 859. The largest absolute Gasteiger partial charge is 0.348 e. The lowest BCUT2D eigenvalue weighted by Crippen LogP contribution is -2.36. The Morgan fingerprint density at radius 2 is 2.00 bits per heavy atom. The molecule has 2 N–H and O–H groups in total. The van der Waals surface area contributed by atoms with Gasteiger partial charge >= 0.3 is 11.8 Å². The standard InChI is InChI=1S/C22H27N3O3/c1-14-18-13-17(12-16-8-5-11-25(19(16)18)22(14)28)24-21(27)20(26)23-10-9-15-6-3-2-4-7-15/h6,12-14H,2-5,7-11H2,1H3,(H,23,26)(H,24,27)/t14-/m1/s1. The molecule has 0 saturated heterocycles. The molecule has 2 aliphatic heterocycles. The minimum absolute atomic E-state index is 0.120. The fourth-order valence-electron chi connectivity index (χ4n) is 4.50. The van der Waals surface area contributed by atoms with Crippen LogP contribution in [0.1, 0.15) is 62.5 Å². The number of hydrogen-bond donors (Lipinski definition) is 2. The number of carbonyl (C=O) groups excluding carboxylic acids is 3. The second-order valence-corrected chi connectivity index (χ2v) is 7.96. The molecule has 2 heterocycles. The normalized spacial score (nSPS) is 20.5. The Labute approximate surface area is 165 Å². The maximum atomic E-state index is 12.4. The van der Waals surface area contributed by atoms with Crippen molar-refractivity contribution in [3.63, 3.8) is 0 Å². The number of rotatable bonds is 4. The first kappa shape index (κ1) is 18.7. The summed E-state index contributed by atoms with van der Waals surface area (Å²) in [4.78, 5) is 38.8. The molecule has 3 aliphatic rings. The first-order chi connectivity index (χ1) is 13.5. The molecule has 6 heteroatoms. The van der Waals surface area contributed by atoms with Gasteiger partial charge in [0.15, 0.2) is 0 Å². The summed E-state index contributed by atoms with van der Waals surface area (Å²) in [6.07, 6.45) is 9.50. The lowest BCUT2D eigenvalue weighted by atomic mass is 9.96. The zero-order valence-electron chi connectivity index (χ0n) is 16.3. The van der Waals surface area contributed by atoms with Crippen molar-refractivity contribution in [1.29, 1.82) is 0 Å². The third kappa shape index (κ3) is 3.55. The molecule has 1 aliphatic carbocycles. The van der Waals surface area contributed by atoms with Gasteiger partial charge in [0.25, 0.3) is 0 Å². The summed E-state index contributed by atoms with van der Waals surface area (Å²) in [5, 5.41) is 5.42. The predicted octanol–water partition coefficient (Wildman–Crippen LogP) is 3.03. The van der Waals surface area contributed by atoms with Crippen LogP contribution in [-0.2, 0) is 20.8 Å². The first-order valence-corrected chi connectivity index (χ1v) is 10.3. The number of amides is 3. The minimum Gasteiger partial charge on any atom is -0.348 e. The molecular weight excluding hydrogens is 354 g/mol. The van der Waals surface area contributed by atoms with Gasteiger partial charge in [0.1, 0.15) is 0 Å². The van der Waals surface area contributed by atoms with Crippen LogP contribution in [0.15, 0.2) is 23.8 Å². The molecule has 0 saturated carbocycles. The van der Waals surface area contributed by atoms with E-state index in [0.717, 1.165) is 55.5 Å². The Hall–Kier alpha value is -2.63. The van der Waals surface area contributed by atoms with E-state index in [1.807, 2.05) is 24.0 Å². The van der Waals surface area contributed by atoms with Gasteiger partial charge in [0.2, 0.25) is 5.91 Å². The van der Waals surface area contributed by atoms with E-state index in [2.05, 4.69) is 16.7 Å². The van der Waals surface area contributed by atoms with Gasteiger partial charge in [-0.05, 0) is 75.1 Å². The smallest absolute Gasteiger partial charge is 0.313 e. The third-order valence-corrected chi connectivity index (χ3v) is 6.00. The molecule has 4 rings (SSSR count). The highest BCUT2D eigenvalue weighted by molar-refractivity contribution is 6.39. The van der Waals surface area contributed by atoms with Gasteiger partial charge in [-0.15, -0.1) is 0 Å². The minimum atomic E-state index is -0.658. The summed E-state index contributed by atoms with van der Waals surface area (Å²) < 4.78 is 0. The average molecular weight is 381 g/mol. The third-order valence-electron chi connectivity index (χ3n) is 6.00. The van der Waals surface area contributed by atoms with E-state index in [-0.39, 0.29) is 11.8 Å². The lowest BCUT2D eigenvalue weighted by Gasteiger charge is -2.26. The molecule has 1 aromatic rings. The number of nitrogens with zero attached hydrogens (tertiary/aromatic N) is 1. The van der Waals surface area contributed by atoms with Crippen molar-refractivity contribution < 1.29 is 14.4 Å². The zero-order chi connectivity index (χ0) is 19.7. The van der Waals surface area contributed by atoms with E-state index >= 15 is 0 Å². The van der Waals surface area contributed by atoms with E-state index in [0.29, 0.717) is 12.2 Å². The van der Waals surface area contributed by atoms with Crippen molar-refractivity contribution in [2.45, 2.75) is 57.8 Å². The van der Waals surface area contributed by atoms with Gasteiger partial charge < -0.3 is 15.5 Å². The van der Waals surface area contributed by atoms with Crippen LogP contribution in [0.2, 0.25) is 0 Å².